The molecule has 0 saturated carbocycles. The van der Waals surface area contributed by atoms with Crippen molar-refractivity contribution in [2.24, 2.45) is 0 Å². The minimum Gasteiger partial charge on any atom is -0.459 e. The van der Waals surface area contributed by atoms with E-state index in [0.29, 0.717) is 17.8 Å². The van der Waals surface area contributed by atoms with Gasteiger partial charge in [0.1, 0.15) is 17.3 Å². The number of hydrogen-bond acceptors (Lipinski definition) is 5. The molecule has 28 heavy (non-hydrogen) atoms. The van der Waals surface area contributed by atoms with Crippen molar-refractivity contribution in [1.29, 1.82) is 5.26 Å². The molecule has 0 radical (unpaired) electrons. The van der Waals surface area contributed by atoms with Gasteiger partial charge in [0.15, 0.2) is 0 Å². The summed E-state index contributed by atoms with van der Waals surface area (Å²) in [4.78, 5) is 16.3. The molecule has 2 aromatic heterocycles. The van der Waals surface area contributed by atoms with Crippen LogP contribution in [0.15, 0.2) is 66.6 Å². The fraction of sp³-hybridized carbons (Fsp3) is 0.182. The Kier molecular flexibility index (Phi) is 5.97. The Morgan fingerprint density at radius 2 is 2.04 bits per heavy atom. The van der Waals surface area contributed by atoms with Crippen molar-refractivity contribution >= 4 is 12.0 Å². The number of aromatic nitrogens is 3. The van der Waals surface area contributed by atoms with Gasteiger partial charge in [-0.25, -0.2) is 4.79 Å². The summed E-state index contributed by atoms with van der Waals surface area (Å²) in [5, 5.41) is 14.1. The lowest BCUT2D eigenvalue weighted by Crippen LogP contribution is -2.12. The van der Waals surface area contributed by atoms with Crippen LogP contribution in [-0.2, 0) is 16.1 Å². The summed E-state index contributed by atoms with van der Waals surface area (Å²) in [5.41, 5.74) is 3.13. The Bertz CT molecular complexity index is 1020. The number of carbonyl (C=O) groups excluding carboxylic acids is 1. The summed E-state index contributed by atoms with van der Waals surface area (Å²) in [6.45, 7) is 4.05. The number of pyridine rings is 1. The number of carbonyl (C=O) groups is 1. The van der Waals surface area contributed by atoms with Gasteiger partial charge in [0.25, 0.3) is 0 Å². The van der Waals surface area contributed by atoms with E-state index in [-0.39, 0.29) is 11.7 Å². The van der Waals surface area contributed by atoms with E-state index >= 15 is 0 Å². The van der Waals surface area contributed by atoms with Gasteiger partial charge in [-0.1, -0.05) is 30.3 Å². The zero-order valence-corrected chi connectivity index (χ0v) is 15.7. The Morgan fingerprint density at radius 1 is 1.25 bits per heavy atom. The molecule has 0 fully saturated rings. The number of nitrogens with zero attached hydrogens (tertiary/aromatic N) is 4. The smallest absolute Gasteiger partial charge is 0.349 e. The van der Waals surface area contributed by atoms with E-state index in [1.807, 2.05) is 54.7 Å². The Labute approximate surface area is 163 Å². The van der Waals surface area contributed by atoms with Crippen LogP contribution >= 0.6 is 0 Å². The van der Waals surface area contributed by atoms with Crippen LogP contribution in [0.5, 0.6) is 0 Å². The molecular weight excluding hydrogens is 352 g/mol. The third-order valence-corrected chi connectivity index (χ3v) is 3.90. The van der Waals surface area contributed by atoms with Gasteiger partial charge in [-0.15, -0.1) is 0 Å². The zero-order chi connectivity index (χ0) is 19.9. The molecule has 0 aliphatic rings. The lowest BCUT2D eigenvalue weighted by Gasteiger charge is -2.06. The summed E-state index contributed by atoms with van der Waals surface area (Å²) in [7, 11) is 0. The Morgan fingerprint density at radius 3 is 2.68 bits per heavy atom. The predicted octanol–water partition coefficient (Wildman–Crippen LogP) is 3.85. The van der Waals surface area contributed by atoms with Crippen molar-refractivity contribution in [3.63, 3.8) is 0 Å². The van der Waals surface area contributed by atoms with Crippen LogP contribution in [0.3, 0.4) is 0 Å². The maximum atomic E-state index is 12.2. The molecule has 0 bridgehead atoms. The summed E-state index contributed by atoms with van der Waals surface area (Å²) < 4.78 is 6.94. The predicted molar refractivity (Wildman–Crippen MR) is 106 cm³/mol. The zero-order valence-electron chi connectivity index (χ0n) is 15.7. The molecule has 1 aromatic carbocycles. The van der Waals surface area contributed by atoms with E-state index < -0.39 is 5.97 Å². The lowest BCUT2D eigenvalue weighted by atomic mass is 10.1. The van der Waals surface area contributed by atoms with E-state index in [0.717, 1.165) is 11.1 Å². The summed E-state index contributed by atoms with van der Waals surface area (Å²) in [6, 6.07) is 15.6. The van der Waals surface area contributed by atoms with Gasteiger partial charge < -0.3 is 4.74 Å². The Hall–Kier alpha value is -3.72. The minimum absolute atomic E-state index is 0.0712. The van der Waals surface area contributed by atoms with Gasteiger partial charge in [-0.2, -0.15) is 10.4 Å². The van der Waals surface area contributed by atoms with Crippen molar-refractivity contribution in [3.05, 3.63) is 77.8 Å². The highest BCUT2D eigenvalue weighted by molar-refractivity contribution is 5.98. The number of nitriles is 1. The second-order valence-electron chi connectivity index (χ2n) is 6.48. The fourth-order valence-corrected chi connectivity index (χ4v) is 2.69. The molecule has 140 valence electrons. The van der Waals surface area contributed by atoms with Gasteiger partial charge in [0, 0.05) is 29.7 Å². The lowest BCUT2D eigenvalue weighted by molar-refractivity contribution is -0.142. The normalized spacial score (nSPS) is 11.3. The quantitative estimate of drug-likeness (QED) is 0.373. The molecule has 0 spiro atoms. The van der Waals surface area contributed by atoms with Crippen LogP contribution < -0.4 is 0 Å². The van der Waals surface area contributed by atoms with E-state index in [4.69, 9.17) is 4.74 Å². The highest BCUT2D eigenvalue weighted by atomic mass is 16.5. The van der Waals surface area contributed by atoms with Crippen LogP contribution in [0.2, 0.25) is 0 Å². The standard InChI is InChI=1S/C22H20N4O2/c1-16(2)28-22(27)19(12-23)11-20-15-26(14-17-7-4-3-5-8-17)25-21(20)18-9-6-10-24-13-18/h3-11,13,15-16H,14H2,1-2H3/b19-11+. The second-order valence-corrected chi connectivity index (χ2v) is 6.48. The third kappa shape index (κ3) is 4.71. The number of esters is 1. The molecule has 6 heteroatoms. The molecule has 2 heterocycles. The molecule has 0 unspecified atom stereocenters. The molecule has 0 atom stereocenters. The summed E-state index contributed by atoms with van der Waals surface area (Å²) in [6.07, 6.45) is 6.41. The molecule has 0 aliphatic carbocycles. The van der Waals surface area contributed by atoms with Crippen LogP contribution in [0.1, 0.15) is 25.0 Å². The first-order chi connectivity index (χ1) is 13.6. The number of ether oxygens (including phenoxy) is 1. The maximum absolute atomic E-state index is 12.2. The first-order valence-electron chi connectivity index (χ1n) is 8.91. The average molecular weight is 372 g/mol. The molecule has 0 saturated heterocycles. The van der Waals surface area contributed by atoms with Crippen molar-refractivity contribution in [2.45, 2.75) is 26.5 Å². The van der Waals surface area contributed by atoms with Crippen molar-refractivity contribution < 1.29 is 9.53 Å². The van der Waals surface area contributed by atoms with E-state index in [2.05, 4.69) is 10.1 Å². The topological polar surface area (TPSA) is 80.8 Å². The van der Waals surface area contributed by atoms with Crippen LogP contribution in [0.25, 0.3) is 17.3 Å². The van der Waals surface area contributed by atoms with Gasteiger partial charge in [0.05, 0.1) is 12.6 Å². The van der Waals surface area contributed by atoms with Crippen LogP contribution in [0.4, 0.5) is 0 Å². The Balaban J connectivity index is 2.02. The first-order valence-corrected chi connectivity index (χ1v) is 8.91. The van der Waals surface area contributed by atoms with E-state index in [9.17, 15) is 10.1 Å². The van der Waals surface area contributed by atoms with Crippen molar-refractivity contribution in [3.8, 4) is 17.3 Å². The van der Waals surface area contributed by atoms with Crippen molar-refractivity contribution in [1.82, 2.24) is 14.8 Å². The molecule has 0 amide bonds. The maximum Gasteiger partial charge on any atom is 0.349 e. The highest BCUT2D eigenvalue weighted by Gasteiger charge is 2.16. The van der Waals surface area contributed by atoms with E-state index in [1.165, 1.54) is 6.08 Å². The molecule has 0 aliphatic heterocycles. The summed E-state index contributed by atoms with van der Waals surface area (Å²) >= 11 is 0. The van der Waals surface area contributed by atoms with Crippen molar-refractivity contribution in [2.75, 3.05) is 0 Å². The monoisotopic (exact) mass is 372 g/mol. The fourth-order valence-electron chi connectivity index (χ4n) is 2.69. The summed E-state index contributed by atoms with van der Waals surface area (Å²) in [5.74, 6) is -0.648. The van der Waals surface area contributed by atoms with Gasteiger partial charge in [-0.3, -0.25) is 9.67 Å². The molecule has 3 aromatic rings. The molecular formula is C22H20N4O2. The van der Waals surface area contributed by atoms with Crippen LogP contribution in [-0.4, -0.2) is 26.8 Å². The first kappa shape index (κ1) is 19.1. The number of hydrogen-bond donors (Lipinski definition) is 0. The van der Waals surface area contributed by atoms with Gasteiger partial charge in [-0.05, 0) is 37.6 Å². The third-order valence-electron chi connectivity index (χ3n) is 3.90. The number of rotatable bonds is 6. The molecule has 3 rings (SSSR count). The minimum atomic E-state index is -0.648. The SMILES string of the molecule is CC(C)OC(=O)/C(C#N)=C/c1cn(Cc2ccccc2)nc1-c1cccnc1. The number of benzene rings is 1. The molecule has 0 N–H and O–H groups in total. The van der Waals surface area contributed by atoms with Gasteiger partial charge >= 0.3 is 5.97 Å². The van der Waals surface area contributed by atoms with E-state index in [1.54, 1.807) is 30.9 Å². The molecule has 6 nitrogen and oxygen atoms in total. The van der Waals surface area contributed by atoms with Crippen LogP contribution in [0, 0.1) is 11.3 Å². The highest BCUT2D eigenvalue weighted by Crippen LogP contribution is 2.24. The largest absolute Gasteiger partial charge is 0.459 e. The van der Waals surface area contributed by atoms with Gasteiger partial charge in [0.2, 0.25) is 0 Å². The average Bonchev–Trinajstić information content (AvgIpc) is 3.09. The second kappa shape index (κ2) is 8.78.